The van der Waals surface area contributed by atoms with Crippen LogP contribution in [0.25, 0.3) is 0 Å². The van der Waals surface area contributed by atoms with Gasteiger partial charge in [0.25, 0.3) is 0 Å². The molecule has 2 aliphatic rings. The van der Waals surface area contributed by atoms with Crippen LogP contribution < -0.4 is 5.32 Å². The lowest BCUT2D eigenvalue weighted by Gasteiger charge is -2.27. The normalized spacial score (nSPS) is 31.8. The highest BCUT2D eigenvalue weighted by Gasteiger charge is 2.26. The van der Waals surface area contributed by atoms with E-state index in [1.54, 1.807) is 0 Å². The summed E-state index contributed by atoms with van der Waals surface area (Å²) in [4.78, 5) is 10.8. The van der Waals surface area contributed by atoms with Crippen LogP contribution in [0.2, 0.25) is 0 Å². The van der Waals surface area contributed by atoms with E-state index in [9.17, 15) is 4.79 Å². The minimum absolute atomic E-state index is 0.0669. The third-order valence-corrected chi connectivity index (χ3v) is 4.25. The van der Waals surface area contributed by atoms with Gasteiger partial charge < -0.3 is 10.4 Å². The van der Waals surface area contributed by atoms with Gasteiger partial charge in [-0.25, -0.2) is 0 Å². The van der Waals surface area contributed by atoms with Crippen molar-refractivity contribution in [3.63, 3.8) is 0 Å². The second-order valence-corrected chi connectivity index (χ2v) is 5.45. The predicted molar refractivity (Wildman–Crippen MR) is 63.3 cm³/mol. The summed E-state index contributed by atoms with van der Waals surface area (Å²) in [6.07, 6.45) is 9.38. The highest BCUT2D eigenvalue weighted by molar-refractivity contribution is 5.69. The SMILES string of the molecule is O=C(O)C1CCC(CNC2CCCC2)CC1. The summed E-state index contributed by atoms with van der Waals surface area (Å²) in [5, 5.41) is 12.6. The molecule has 3 heteroatoms. The highest BCUT2D eigenvalue weighted by atomic mass is 16.4. The number of carboxylic acids is 1. The molecule has 2 N–H and O–H groups in total. The van der Waals surface area contributed by atoms with E-state index in [2.05, 4.69) is 5.32 Å². The summed E-state index contributed by atoms with van der Waals surface area (Å²) >= 11 is 0. The molecule has 2 aliphatic carbocycles. The van der Waals surface area contributed by atoms with E-state index in [-0.39, 0.29) is 5.92 Å². The maximum atomic E-state index is 10.8. The quantitative estimate of drug-likeness (QED) is 0.772. The van der Waals surface area contributed by atoms with Gasteiger partial charge in [0, 0.05) is 6.04 Å². The number of hydrogen-bond donors (Lipinski definition) is 2. The van der Waals surface area contributed by atoms with Gasteiger partial charge in [-0.3, -0.25) is 4.79 Å². The lowest BCUT2D eigenvalue weighted by atomic mass is 9.82. The first-order valence-electron chi connectivity index (χ1n) is 6.72. The zero-order valence-corrected chi connectivity index (χ0v) is 9.95. The summed E-state index contributed by atoms with van der Waals surface area (Å²) in [5.41, 5.74) is 0. The molecule has 0 saturated heterocycles. The van der Waals surface area contributed by atoms with E-state index in [1.807, 2.05) is 0 Å². The molecule has 0 aliphatic heterocycles. The second-order valence-electron chi connectivity index (χ2n) is 5.45. The summed E-state index contributed by atoms with van der Waals surface area (Å²) in [5.74, 6) is 0.0566. The van der Waals surface area contributed by atoms with Crippen LogP contribution in [0.3, 0.4) is 0 Å². The van der Waals surface area contributed by atoms with Crippen LogP contribution in [0.5, 0.6) is 0 Å². The first-order chi connectivity index (χ1) is 7.75. The molecule has 0 aromatic heterocycles. The molecule has 0 bridgehead atoms. The van der Waals surface area contributed by atoms with Crippen molar-refractivity contribution in [3.8, 4) is 0 Å². The fourth-order valence-electron chi connectivity index (χ4n) is 3.08. The van der Waals surface area contributed by atoms with Crippen molar-refractivity contribution in [2.75, 3.05) is 6.54 Å². The zero-order chi connectivity index (χ0) is 11.4. The minimum Gasteiger partial charge on any atom is -0.481 e. The predicted octanol–water partition coefficient (Wildman–Crippen LogP) is 2.41. The number of rotatable bonds is 4. The minimum atomic E-state index is -0.595. The second kappa shape index (κ2) is 5.67. The Morgan fingerprint density at radius 3 is 2.25 bits per heavy atom. The van der Waals surface area contributed by atoms with Crippen molar-refractivity contribution in [2.45, 2.75) is 57.4 Å². The van der Waals surface area contributed by atoms with Gasteiger partial charge in [-0.1, -0.05) is 12.8 Å². The monoisotopic (exact) mass is 225 g/mol. The summed E-state index contributed by atoms with van der Waals surface area (Å²) in [6.45, 7) is 1.11. The molecule has 92 valence electrons. The summed E-state index contributed by atoms with van der Waals surface area (Å²) < 4.78 is 0. The van der Waals surface area contributed by atoms with E-state index in [4.69, 9.17) is 5.11 Å². The molecular formula is C13H23NO2. The molecule has 0 amide bonds. The summed E-state index contributed by atoms with van der Waals surface area (Å²) in [7, 11) is 0. The van der Waals surface area contributed by atoms with Crippen molar-refractivity contribution in [3.05, 3.63) is 0 Å². The fraction of sp³-hybridized carbons (Fsp3) is 0.923. The molecule has 16 heavy (non-hydrogen) atoms. The zero-order valence-electron chi connectivity index (χ0n) is 9.95. The summed E-state index contributed by atoms with van der Waals surface area (Å²) in [6, 6.07) is 0.747. The van der Waals surface area contributed by atoms with Crippen LogP contribution in [0.1, 0.15) is 51.4 Å². The van der Waals surface area contributed by atoms with E-state index in [1.165, 1.54) is 25.7 Å². The number of carbonyl (C=O) groups is 1. The van der Waals surface area contributed by atoms with Gasteiger partial charge >= 0.3 is 5.97 Å². The van der Waals surface area contributed by atoms with Crippen molar-refractivity contribution in [1.29, 1.82) is 0 Å². The van der Waals surface area contributed by atoms with E-state index in [0.29, 0.717) is 0 Å². The van der Waals surface area contributed by atoms with Crippen LogP contribution >= 0.6 is 0 Å². The Balaban J connectivity index is 1.63. The van der Waals surface area contributed by atoms with Crippen LogP contribution in [-0.4, -0.2) is 23.7 Å². The molecule has 0 atom stereocenters. The average Bonchev–Trinajstić information content (AvgIpc) is 2.80. The molecule has 2 fully saturated rings. The first kappa shape index (κ1) is 11.9. The maximum absolute atomic E-state index is 10.8. The lowest BCUT2D eigenvalue weighted by Crippen LogP contribution is -2.33. The molecule has 0 radical (unpaired) electrons. The van der Waals surface area contributed by atoms with Crippen molar-refractivity contribution in [2.24, 2.45) is 11.8 Å². The molecule has 2 rings (SSSR count). The van der Waals surface area contributed by atoms with Crippen LogP contribution in [0.15, 0.2) is 0 Å². The Labute approximate surface area is 97.6 Å². The Bertz CT molecular complexity index is 228. The topological polar surface area (TPSA) is 49.3 Å². The molecule has 0 heterocycles. The molecule has 2 saturated carbocycles. The van der Waals surface area contributed by atoms with E-state index < -0.39 is 5.97 Å². The number of aliphatic carboxylic acids is 1. The van der Waals surface area contributed by atoms with Crippen LogP contribution in [0, 0.1) is 11.8 Å². The van der Waals surface area contributed by atoms with Crippen LogP contribution in [-0.2, 0) is 4.79 Å². The van der Waals surface area contributed by atoms with Crippen molar-refractivity contribution in [1.82, 2.24) is 5.32 Å². The third kappa shape index (κ3) is 3.21. The number of carboxylic acid groups (broad SMARTS) is 1. The standard InChI is InChI=1S/C13H23NO2/c15-13(16)11-7-5-10(6-8-11)9-14-12-3-1-2-4-12/h10-12,14H,1-9H2,(H,15,16). The van der Waals surface area contributed by atoms with Gasteiger partial charge in [0.2, 0.25) is 0 Å². The number of hydrogen-bond acceptors (Lipinski definition) is 2. The average molecular weight is 225 g/mol. The first-order valence-corrected chi connectivity index (χ1v) is 6.72. The Hall–Kier alpha value is -0.570. The Kier molecular flexibility index (Phi) is 4.22. The van der Waals surface area contributed by atoms with Gasteiger partial charge in [-0.2, -0.15) is 0 Å². The fourth-order valence-corrected chi connectivity index (χ4v) is 3.08. The molecule has 3 nitrogen and oxygen atoms in total. The van der Waals surface area contributed by atoms with Crippen LogP contribution in [0.4, 0.5) is 0 Å². The third-order valence-electron chi connectivity index (χ3n) is 4.25. The smallest absolute Gasteiger partial charge is 0.306 e. The van der Waals surface area contributed by atoms with Gasteiger partial charge in [0.05, 0.1) is 5.92 Å². The van der Waals surface area contributed by atoms with Crippen molar-refractivity contribution < 1.29 is 9.90 Å². The molecule has 0 unspecified atom stereocenters. The van der Waals surface area contributed by atoms with Gasteiger partial charge in [0.1, 0.15) is 0 Å². The molecular weight excluding hydrogens is 202 g/mol. The highest BCUT2D eigenvalue weighted by Crippen LogP contribution is 2.29. The van der Waals surface area contributed by atoms with E-state index >= 15 is 0 Å². The van der Waals surface area contributed by atoms with Gasteiger partial charge in [-0.15, -0.1) is 0 Å². The number of nitrogens with one attached hydrogen (secondary N) is 1. The molecule has 0 aromatic carbocycles. The molecule has 0 spiro atoms. The van der Waals surface area contributed by atoms with E-state index in [0.717, 1.165) is 44.2 Å². The maximum Gasteiger partial charge on any atom is 0.306 e. The van der Waals surface area contributed by atoms with Gasteiger partial charge in [-0.05, 0) is 51.0 Å². The lowest BCUT2D eigenvalue weighted by molar-refractivity contribution is -0.143. The Morgan fingerprint density at radius 1 is 1.06 bits per heavy atom. The van der Waals surface area contributed by atoms with Crippen molar-refractivity contribution >= 4 is 5.97 Å². The largest absolute Gasteiger partial charge is 0.481 e. The molecule has 0 aromatic rings. The Morgan fingerprint density at radius 2 is 1.69 bits per heavy atom. The van der Waals surface area contributed by atoms with Gasteiger partial charge in [0.15, 0.2) is 0 Å².